The number of carbonyl (C=O) groups is 2. The number of hydrogen-bond donors (Lipinski definition) is 1. The number of likely N-dealkylation sites (tertiary alicyclic amines) is 1. The number of nitrogens with zero attached hydrogens (tertiary/aromatic N) is 4. The number of anilines is 1. The number of nitrogens with one attached hydrogen (secondary N) is 1. The number of rotatable bonds is 3. The zero-order chi connectivity index (χ0) is 16.4. The molecule has 3 heterocycles. The SMILES string of the molecule is CC(=O)Nc1ccn(C2CCN(C(=O)c3cncc(C)c3)C2)n1. The molecule has 1 aliphatic rings. The van der Waals surface area contributed by atoms with Crippen LogP contribution >= 0.6 is 0 Å². The summed E-state index contributed by atoms with van der Waals surface area (Å²) in [6.07, 6.45) is 6.01. The second-order valence-electron chi connectivity index (χ2n) is 5.81. The van der Waals surface area contributed by atoms with E-state index in [2.05, 4.69) is 15.4 Å². The summed E-state index contributed by atoms with van der Waals surface area (Å²) in [4.78, 5) is 29.5. The molecular weight excluding hydrogens is 294 g/mol. The highest BCUT2D eigenvalue weighted by Gasteiger charge is 2.28. The van der Waals surface area contributed by atoms with Crippen LogP contribution in [0.4, 0.5) is 5.82 Å². The molecule has 1 N–H and O–H groups in total. The fraction of sp³-hybridized carbons (Fsp3) is 0.375. The molecular formula is C16H19N5O2. The van der Waals surface area contributed by atoms with Crippen LogP contribution in [-0.4, -0.2) is 44.6 Å². The van der Waals surface area contributed by atoms with Crippen LogP contribution in [0.3, 0.4) is 0 Å². The van der Waals surface area contributed by atoms with Crippen LogP contribution in [0, 0.1) is 6.92 Å². The van der Waals surface area contributed by atoms with E-state index in [-0.39, 0.29) is 17.9 Å². The largest absolute Gasteiger partial charge is 0.336 e. The summed E-state index contributed by atoms with van der Waals surface area (Å²) in [5.74, 6) is 0.383. The van der Waals surface area contributed by atoms with Crippen LogP contribution in [0.15, 0.2) is 30.7 Å². The summed E-state index contributed by atoms with van der Waals surface area (Å²) in [5, 5.41) is 7.00. The maximum atomic E-state index is 12.5. The first-order chi connectivity index (χ1) is 11.0. The van der Waals surface area contributed by atoms with Crippen LogP contribution in [0.1, 0.15) is 35.3 Å². The van der Waals surface area contributed by atoms with Crippen molar-refractivity contribution in [3.8, 4) is 0 Å². The molecule has 2 aromatic rings. The van der Waals surface area contributed by atoms with E-state index in [0.29, 0.717) is 24.5 Å². The zero-order valence-electron chi connectivity index (χ0n) is 13.2. The molecule has 1 fully saturated rings. The summed E-state index contributed by atoms with van der Waals surface area (Å²) in [5.41, 5.74) is 1.59. The van der Waals surface area contributed by atoms with Crippen molar-refractivity contribution in [2.75, 3.05) is 18.4 Å². The highest BCUT2D eigenvalue weighted by Crippen LogP contribution is 2.23. The topological polar surface area (TPSA) is 80.1 Å². The molecule has 0 aliphatic carbocycles. The maximum absolute atomic E-state index is 12.5. The molecule has 23 heavy (non-hydrogen) atoms. The van der Waals surface area contributed by atoms with Crippen LogP contribution in [0.2, 0.25) is 0 Å². The van der Waals surface area contributed by atoms with Crippen LogP contribution in [-0.2, 0) is 4.79 Å². The number of aryl methyl sites for hydroxylation is 1. The molecule has 7 heteroatoms. The molecule has 1 aliphatic heterocycles. The van der Waals surface area contributed by atoms with Crippen molar-refractivity contribution in [1.82, 2.24) is 19.7 Å². The van der Waals surface area contributed by atoms with E-state index in [1.807, 2.05) is 28.8 Å². The normalized spacial score (nSPS) is 17.3. The van der Waals surface area contributed by atoms with E-state index >= 15 is 0 Å². The van der Waals surface area contributed by atoms with Gasteiger partial charge in [-0.2, -0.15) is 5.10 Å². The predicted octanol–water partition coefficient (Wildman–Crippen LogP) is 1.63. The number of hydrogen-bond acceptors (Lipinski definition) is 4. The molecule has 1 atom stereocenters. The molecule has 2 aromatic heterocycles. The van der Waals surface area contributed by atoms with Crippen molar-refractivity contribution in [1.29, 1.82) is 0 Å². The third kappa shape index (κ3) is 3.39. The van der Waals surface area contributed by atoms with Crippen LogP contribution in [0.25, 0.3) is 0 Å². The Morgan fingerprint density at radius 1 is 1.35 bits per heavy atom. The van der Waals surface area contributed by atoms with E-state index in [9.17, 15) is 9.59 Å². The predicted molar refractivity (Wildman–Crippen MR) is 85.1 cm³/mol. The minimum atomic E-state index is -0.148. The maximum Gasteiger partial charge on any atom is 0.255 e. The lowest BCUT2D eigenvalue weighted by atomic mass is 10.2. The Kier molecular flexibility index (Phi) is 4.10. The van der Waals surface area contributed by atoms with Gasteiger partial charge in [0.15, 0.2) is 5.82 Å². The summed E-state index contributed by atoms with van der Waals surface area (Å²) < 4.78 is 1.81. The first kappa shape index (κ1) is 15.2. The number of pyridine rings is 1. The van der Waals surface area contributed by atoms with Gasteiger partial charge in [0, 0.05) is 44.7 Å². The molecule has 120 valence electrons. The smallest absolute Gasteiger partial charge is 0.255 e. The summed E-state index contributed by atoms with van der Waals surface area (Å²) in [6.45, 7) is 4.66. The monoisotopic (exact) mass is 313 g/mol. The number of amides is 2. The van der Waals surface area contributed by atoms with Crippen molar-refractivity contribution >= 4 is 17.6 Å². The van der Waals surface area contributed by atoms with Gasteiger partial charge in [-0.15, -0.1) is 0 Å². The van der Waals surface area contributed by atoms with Crippen molar-refractivity contribution in [2.24, 2.45) is 0 Å². The van der Waals surface area contributed by atoms with Gasteiger partial charge in [-0.25, -0.2) is 0 Å². The van der Waals surface area contributed by atoms with E-state index in [1.165, 1.54) is 6.92 Å². The second-order valence-corrected chi connectivity index (χ2v) is 5.81. The van der Waals surface area contributed by atoms with Gasteiger partial charge in [0.2, 0.25) is 5.91 Å². The molecule has 1 saturated heterocycles. The molecule has 0 bridgehead atoms. The van der Waals surface area contributed by atoms with Crippen molar-refractivity contribution in [2.45, 2.75) is 26.3 Å². The minimum Gasteiger partial charge on any atom is -0.336 e. The molecule has 0 radical (unpaired) electrons. The standard InChI is InChI=1S/C16H19N5O2/c1-11-7-13(9-17-8-11)16(23)20-5-3-14(10-20)21-6-4-15(19-21)18-12(2)22/h4,6-9,14H,3,5,10H2,1-2H3,(H,18,19,22). The number of aromatic nitrogens is 3. The second kappa shape index (κ2) is 6.20. The van der Waals surface area contributed by atoms with Gasteiger partial charge in [0.1, 0.15) is 0 Å². The van der Waals surface area contributed by atoms with Crippen LogP contribution < -0.4 is 5.32 Å². The van der Waals surface area contributed by atoms with Gasteiger partial charge in [-0.05, 0) is 25.0 Å². The van der Waals surface area contributed by atoms with Crippen molar-refractivity contribution < 1.29 is 9.59 Å². The lowest BCUT2D eigenvalue weighted by Crippen LogP contribution is -2.29. The first-order valence-corrected chi connectivity index (χ1v) is 7.56. The molecule has 2 amide bonds. The van der Waals surface area contributed by atoms with Crippen molar-refractivity contribution in [3.63, 3.8) is 0 Å². The van der Waals surface area contributed by atoms with E-state index < -0.39 is 0 Å². The molecule has 0 aromatic carbocycles. The Hall–Kier alpha value is -2.70. The first-order valence-electron chi connectivity index (χ1n) is 7.56. The summed E-state index contributed by atoms with van der Waals surface area (Å²) in [6, 6.07) is 3.74. The Morgan fingerprint density at radius 2 is 2.17 bits per heavy atom. The fourth-order valence-electron chi connectivity index (χ4n) is 2.79. The molecule has 3 rings (SSSR count). The Balaban J connectivity index is 1.67. The van der Waals surface area contributed by atoms with E-state index in [1.54, 1.807) is 18.5 Å². The zero-order valence-corrected chi connectivity index (χ0v) is 13.2. The minimum absolute atomic E-state index is 0.00191. The van der Waals surface area contributed by atoms with Gasteiger partial charge in [0.05, 0.1) is 11.6 Å². The molecule has 1 unspecified atom stereocenters. The highest BCUT2D eigenvalue weighted by molar-refractivity contribution is 5.94. The summed E-state index contributed by atoms with van der Waals surface area (Å²) >= 11 is 0. The van der Waals surface area contributed by atoms with E-state index in [0.717, 1.165) is 12.0 Å². The highest BCUT2D eigenvalue weighted by atomic mass is 16.2. The third-order valence-electron chi connectivity index (χ3n) is 3.86. The molecule has 7 nitrogen and oxygen atoms in total. The quantitative estimate of drug-likeness (QED) is 0.934. The molecule has 0 spiro atoms. The molecule has 0 saturated carbocycles. The Bertz CT molecular complexity index is 740. The van der Waals surface area contributed by atoms with Gasteiger partial charge < -0.3 is 10.2 Å². The fourth-order valence-corrected chi connectivity index (χ4v) is 2.79. The van der Waals surface area contributed by atoms with Gasteiger partial charge in [-0.3, -0.25) is 19.3 Å². The van der Waals surface area contributed by atoms with Crippen LogP contribution in [0.5, 0.6) is 0 Å². The third-order valence-corrected chi connectivity index (χ3v) is 3.86. The Labute approximate surface area is 134 Å². The number of carbonyl (C=O) groups excluding carboxylic acids is 2. The Morgan fingerprint density at radius 3 is 2.91 bits per heavy atom. The average Bonchev–Trinajstić information content (AvgIpc) is 3.14. The lowest BCUT2D eigenvalue weighted by molar-refractivity contribution is -0.114. The van der Waals surface area contributed by atoms with Crippen molar-refractivity contribution in [3.05, 3.63) is 41.9 Å². The average molecular weight is 313 g/mol. The van der Waals surface area contributed by atoms with Gasteiger partial charge >= 0.3 is 0 Å². The van der Waals surface area contributed by atoms with Gasteiger partial charge in [0.25, 0.3) is 5.91 Å². The van der Waals surface area contributed by atoms with Gasteiger partial charge in [-0.1, -0.05) is 0 Å². The van der Waals surface area contributed by atoms with E-state index in [4.69, 9.17) is 0 Å². The lowest BCUT2D eigenvalue weighted by Gasteiger charge is -2.16. The summed E-state index contributed by atoms with van der Waals surface area (Å²) in [7, 11) is 0.